The van der Waals surface area contributed by atoms with Gasteiger partial charge in [0.1, 0.15) is 5.82 Å². The summed E-state index contributed by atoms with van der Waals surface area (Å²) >= 11 is 0. The molecule has 0 saturated carbocycles. The number of hydrogen-bond acceptors (Lipinski definition) is 1. The quantitative estimate of drug-likeness (QED) is 0.818. The maximum Gasteiger partial charge on any atom is 0.416 e. The van der Waals surface area contributed by atoms with Crippen LogP contribution in [0.4, 0.5) is 23.2 Å². The van der Waals surface area contributed by atoms with Crippen molar-refractivity contribution in [2.75, 3.05) is 5.32 Å². The molecule has 0 heterocycles. The number of carbonyl (C=O) groups is 1. The van der Waals surface area contributed by atoms with Crippen molar-refractivity contribution in [3.63, 3.8) is 0 Å². The Labute approximate surface area is 118 Å². The summed E-state index contributed by atoms with van der Waals surface area (Å²) in [5, 5.41) is 2.40. The topological polar surface area (TPSA) is 29.1 Å². The van der Waals surface area contributed by atoms with Gasteiger partial charge in [-0.15, -0.1) is 0 Å². The maximum atomic E-state index is 13.6. The third kappa shape index (κ3) is 3.39. The van der Waals surface area contributed by atoms with Crippen molar-refractivity contribution in [1.82, 2.24) is 0 Å². The molecule has 0 atom stereocenters. The van der Waals surface area contributed by atoms with Crippen LogP contribution in [0.2, 0.25) is 0 Å². The van der Waals surface area contributed by atoms with Crippen LogP contribution in [0.3, 0.4) is 0 Å². The van der Waals surface area contributed by atoms with Crippen LogP contribution in [0.5, 0.6) is 0 Å². The number of carbonyl (C=O) groups excluding carboxylic acids is 1. The highest BCUT2D eigenvalue weighted by atomic mass is 19.4. The summed E-state index contributed by atoms with van der Waals surface area (Å²) in [6.07, 6.45) is -4.63. The second-order valence-corrected chi connectivity index (χ2v) is 4.46. The van der Waals surface area contributed by atoms with E-state index in [1.165, 1.54) is 0 Å². The lowest BCUT2D eigenvalue weighted by molar-refractivity contribution is -0.137. The number of rotatable bonds is 2. The van der Waals surface area contributed by atoms with E-state index in [1.807, 2.05) is 0 Å². The van der Waals surface area contributed by atoms with Gasteiger partial charge in [0.15, 0.2) is 0 Å². The number of anilines is 1. The molecule has 1 N–H and O–H groups in total. The minimum absolute atomic E-state index is 0.416. The van der Waals surface area contributed by atoms with E-state index in [9.17, 15) is 22.4 Å². The Morgan fingerprint density at radius 3 is 2.38 bits per heavy atom. The van der Waals surface area contributed by atoms with Crippen LogP contribution in [0.25, 0.3) is 0 Å². The molecule has 0 saturated heterocycles. The number of para-hydroxylation sites is 1. The van der Waals surface area contributed by atoms with Crippen molar-refractivity contribution in [2.45, 2.75) is 13.1 Å². The van der Waals surface area contributed by atoms with E-state index in [2.05, 4.69) is 5.32 Å². The van der Waals surface area contributed by atoms with Gasteiger partial charge in [0.2, 0.25) is 0 Å². The molecule has 2 nitrogen and oxygen atoms in total. The molecule has 0 bridgehead atoms. The number of benzene rings is 2. The minimum atomic E-state index is -4.63. The molecule has 0 spiro atoms. The molecule has 0 unspecified atom stereocenters. The zero-order valence-electron chi connectivity index (χ0n) is 11.0. The Morgan fingerprint density at radius 1 is 1.10 bits per heavy atom. The predicted molar refractivity (Wildman–Crippen MR) is 70.5 cm³/mol. The first-order valence-corrected chi connectivity index (χ1v) is 6.03. The average molecular weight is 297 g/mol. The normalized spacial score (nSPS) is 11.3. The molecule has 0 aliphatic heterocycles. The fourth-order valence-electron chi connectivity index (χ4n) is 1.78. The molecule has 110 valence electrons. The van der Waals surface area contributed by atoms with Crippen molar-refractivity contribution < 1.29 is 22.4 Å². The molecule has 2 aromatic carbocycles. The molecular weight excluding hydrogens is 286 g/mol. The molecule has 0 aliphatic rings. The van der Waals surface area contributed by atoms with Gasteiger partial charge in [-0.05, 0) is 36.8 Å². The number of amides is 1. The van der Waals surface area contributed by atoms with Crippen LogP contribution < -0.4 is 5.32 Å². The number of aryl methyl sites for hydroxylation is 1. The van der Waals surface area contributed by atoms with E-state index >= 15 is 0 Å². The highest BCUT2D eigenvalue weighted by molar-refractivity contribution is 6.04. The average Bonchev–Trinajstić information content (AvgIpc) is 2.40. The van der Waals surface area contributed by atoms with E-state index in [0.717, 1.165) is 5.56 Å². The van der Waals surface area contributed by atoms with Crippen LogP contribution in [0.15, 0.2) is 42.5 Å². The van der Waals surface area contributed by atoms with Crippen LogP contribution in [0.1, 0.15) is 21.5 Å². The minimum Gasteiger partial charge on any atom is -0.322 e. The molecule has 0 aromatic heterocycles. The van der Waals surface area contributed by atoms with Crippen molar-refractivity contribution in [2.24, 2.45) is 0 Å². The summed E-state index contributed by atoms with van der Waals surface area (Å²) in [4.78, 5) is 11.9. The molecule has 21 heavy (non-hydrogen) atoms. The largest absolute Gasteiger partial charge is 0.416 e. The Morgan fingerprint density at radius 2 is 1.76 bits per heavy atom. The first-order valence-electron chi connectivity index (χ1n) is 6.03. The zero-order valence-corrected chi connectivity index (χ0v) is 11.0. The highest BCUT2D eigenvalue weighted by Crippen LogP contribution is 2.30. The Bertz CT molecular complexity index is 680. The van der Waals surface area contributed by atoms with Crippen molar-refractivity contribution >= 4 is 11.6 Å². The third-order valence-electron chi connectivity index (χ3n) is 2.93. The van der Waals surface area contributed by atoms with Gasteiger partial charge in [-0.3, -0.25) is 4.79 Å². The molecule has 6 heteroatoms. The van der Waals surface area contributed by atoms with Crippen molar-refractivity contribution in [3.05, 3.63) is 65.0 Å². The predicted octanol–water partition coefficient (Wildman–Crippen LogP) is 4.41. The van der Waals surface area contributed by atoms with Gasteiger partial charge in [-0.1, -0.05) is 18.2 Å². The van der Waals surface area contributed by atoms with Crippen molar-refractivity contribution in [1.29, 1.82) is 0 Å². The molecule has 2 aromatic rings. The summed E-state index contributed by atoms with van der Waals surface area (Å²) in [7, 11) is 0. The fraction of sp³-hybridized carbons (Fsp3) is 0.133. The molecule has 0 fully saturated rings. The summed E-state index contributed by atoms with van der Waals surface area (Å²) < 4.78 is 51.4. The van der Waals surface area contributed by atoms with Gasteiger partial charge < -0.3 is 5.32 Å². The van der Waals surface area contributed by atoms with E-state index < -0.39 is 29.0 Å². The summed E-state index contributed by atoms with van der Waals surface area (Å²) in [5.74, 6) is -1.93. The fourth-order valence-corrected chi connectivity index (χ4v) is 1.78. The molecule has 0 radical (unpaired) electrons. The SMILES string of the molecule is Cc1ccccc1NC(=O)c1cc(C(F)(F)F)ccc1F. The van der Waals surface area contributed by atoms with E-state index in [0.29, 0.717) is 23.9 Å². The zero-order chi connectivity index (χ0) is 15.6. The first kappa shape index (κ1) is 15.0. The first-order chi connectivity index (χ1) is 9.79. The lowest BCUT2D eigenvalue weighted by atomic mass is 10.1. The number of hydrogen-bond donors (Lipinski definition) is 1. The van der Waals surface area contributed by atoms with E-state index in [4.69, 9.17) is 0 Å². The van der Waals surface area contributed by atoms with Crippen LogP contribution >= 0.6 is 0 Å². The van der Waals surface area contributed by atoms with Gasteiger partial charge in [0.25, 0.3) is 5.91 Å². The molecule has 0 aliphatic carbocycles. The standard InChI is InChI=1S/C15H11F4NO/c1-9-4-2-3-5-13(9)20-14(21)11-8-10(15(17,18)19)6-7-12(11)16/h2-8H,1H3,(H,20,21). The second-order valence-electron chi connectivity index (χ2n) is 4.46. The summed E-state index contributed by atoms with van der Waals surface area (Å²) in [6.45, 7) is 1.72. The highest BCUT2D eigenvalue weighted by Gasteiger charge is 2.31. The van der Waals surface area contributed by atoms with E-state index in [1.54, 1.807) is 31.2 Å². The second kappa shape index (κ2) is 5.55. The van der Waals surface area contributed by atoms with Gasteiger partial charge in [0.05, 0.1) is 11.1 Å². The third-order valence-corrected chi connectivity index (χ3v) is 2.93. The number of halogens is 4. The number of nitrogens with one attached hydrogen (secondary N) is 1. The molecular formula is C15H11F4NO. The summed E-state index contributed by atoms with van der Waals surface area (Å²) in [5.41, 5.74) is -0.579. The van der Waals surface area contributed by atoms with Crippen LogP contribution in [0, 0.1) is 12.7 Å². The summed E-state index contributed by atoms with van der Waals surface area (Å²) in [6, 6.07) is 8.44. The smallest absolute Gasteiger partial charge is 0.322 e. The lowest BCUT2D eigenvalue weighted by Crippen LogP contribution is -2.16. The van der Waals surface area contributed by atoms with Gasteiger partial charge in [0, 0.05) is 5.69 Å². The lowest BCUT2D eigenvalue weighted by Gasteiger charge is -2.11. The van der Waals surface area contributed by atoms with E-state index in [-0.39, 0.29) is 0 Å². The maximum absolute atomic E-state index is 13.6. The van der Waals surface area contributed by atoms with Crippen molar-refractivity contribution in [3.8, 4) is 0 Å². The van der Waals surface area contributed by atoms with Gasteiger partial charge in [-0.25, -0.2) is 4.39 Å². The molecule has 1 amide bonds. The van der Waals surface area contributed by atoms with Gasteiger partial charge in [-0.2, -0.15) is 13.2 Å². The monoisotopic (exact) mass is 297 g/mol. The molecule has 2 rings (SSSR count). The number of alkyl halides is 3. The Kier molecular flexibility index (Phi) is 3.97. The van der Waals surface area contributed by atoms with Gasteiger partial charge >= 0.3 is 6.18 Å². The van der Waals surface area contributed by atoms with Crippen LogP contribution in [-0.4, -0.2) is 5.91 Å². The Balaban J connectivity index is 2.33. The van der Waals surface area contributed by atoms with Crippen LogP contribution in [-0.2, 0) is 6.18 Å². The Hall–Kier alpha value is -2.37.